The quantitative estimate of drug-likeness (QED) is 0.772. The number of halogens is 2. The molecule has 2 fully saturated rings. The molecule has 1 saturated heterocycles. The van der Waals surface area contributed by atoms with E-state index in [4.69, 9.17) is 5.73 Å². The normalized spacial score (nSPS) is 26.2. The van der Waals surface area contributed by atoms with Gasteiger partial charge in [0.1, 0.15) is 17.1 Å². The lowest BCUT2D eigenvalue weighted by atomic mass is 9.83. The summed E-state index contributed by atoms with van der Waals surface area (Å²) in [6.07, 6.45) is 7.53. The van der Waals surface area contributed by atoms with Gasteiger partial charge in [0.25, 0.3) is 0 Å². The molecule has 8 heteroatoms. The molecule has 2 heterocycles. The molecular formula is C21H21F2N3O3. The lowest BCUT2D eigenvalue weighted by molar-refractivity contribution is 0.0695. The Hall–Kier alpha value is -2.74. The van der Waals surface area contributed by atoms with Gasteiger partial charge < -0.3 is 20.3 Å². The molecule has 152 valence electrons. The Bertz CT molecular complexity index is 1120. The van der Waals surface area contributed by atoms with Crippen LogP contribution >= 0.6 is 0 Å². The van der Waals surface area contributed by atoms with Crippen molar-refractivity contribution in [2.45, 2.75) is 31.3 Å². The highest BCUT2D eigenvalue weighted by atomic mass is 19.1. The fourth-order valence-electron chi connectivity index (χ4n) is 4.79. The van der Waals surface area contributed by atoms with Crippen LogP contribution in [0.4, 0.5) is 14.5 Å². The van der Waals surface area contributed by atoms with Gasteiger partial charge in [-0.3, -0.25) is 4.79 Å². The fourth-order valence-corrected chi connectivity index (χ4v) is 4.79. The second-order valence-corrected chi connectivity index (χ2v) is 8.29. The number of anilines is 1. The third-order valence-electron chi connectivity index (χ3n) is 6.42. The van der Waals surface area contributed by atoms with Crippen LogP contribution < -0.4 is 16.1 Å². The van der Waals surface area contributed by atoms with Gasteiger partial charge in [-0.05, 0) is 31.2 Å². The zero-order valence-electron chi connectivity index (χ0n) is 15.6. The predicted molar refractivity (Wildman–Crippen MR) is 104 cm³/mol. The first-order chi connectivity index (χ1) is 13.9. The van der Waals surface area contributed by atoms with Crippen LogP contribution in [0.5, 0.6) is 0 Å². The van der Waals surface area contributed by atoms with E-state index in [0.29, 0.717) is 13.1 Å². The number of nitrogens with zero attached hydrogens (tertiary/aromatic N) is 2. The van der Waals surface area contributed by atoms with E-state index in [0.717, 1.165) is 25.3 Å². The molecule has 3 atom stereocenters. The molecule has 29 heavy (non-hydrogen) atoms. The minimum absolute atomic E-state index is 0.0198. The SMILES string of the molecule is NC1CC=CC2CN(c3c(F)cc4c(=O)c(C(=O)O)cn(C5CC5)c4c3F)CC12. The van der Waals surface area contributed by atoms with Crippen LogP contribution in [0, 0.1) is 23.5 Å². The van der Waals surface area contributed by atoms with E-state index < -0.39 is 28.6 Å². The Morgan fingerprint density at radius 2 is 2.00 bits per heavy atom. The van der Waals surface area contributed by atoms with Crippen molar-refractivity contribution in [3.63, 3.8) is 0 Å². The summed E-state index contributed by atoms with van der Waals surface area (Å²) < 4.78 is 32.2. The zero-order valence-corrected chi connectivity index (χ0v) is 15.6. The smallest absolute Gasteiger partial charge is 0.341 e. The Balaban J connectivity index is 1.70. The molecule has 2 aliphatic carbocycles. The number of nitrogens with two attached hydrogens (primary N) is 1. The number of carboxylic acid groups (broad SMARTS) is 1. The first-order valence-corrected chi connectivity index (χ1v) is 9.84. The number of benzene rings is 1. The van der Waals surface area contributed by atoms with Crippen molar-refractivity contribution in [2.75, 3.05) is 18.0 Å². The van der Waals surface area contributed by atoms with Gasteiger partial charge in [-0.25, -0.2) is 13.6 Å². The summed E-state index contributed by atoms with van der Waals surface area (Å²) in [7, 11) is 0. The number of aromatic carboxylic acids is 1. The standard InChI is InChI=1S/C21H21F2N3O3/c22-15-6-12-18(26(11-4-5-11)9-14(20(12)27)21(28)29)17(23)19(15)25-7-10-2-1-3-16(24)13(10)8-25/h1-2,6,9-11,13,16H,3-5,7-8,24H2,(H,28,29). The molecule has 0 amide bonds. The van der Waals surface area contributed by atoms with E-state index in [1.165, 1.54) is 10.8 Å². The van der Waals surface area contributed by atoms with Gasteiger partial charge >= 0.3 is 5.97 Å². The second-order valence-electron chi connectivity index (χ2n) is 8.29. The lowest BCUT2D eigenvalue weighted by Crippen LogP contribution is -2.36. The molecule has 0 bridgehead atoms. The van der Waals surface area contributed by atoms with E-state index in [1.807, 2.05) is 6.08 Å². The minimum Gasteiger partial charge on any atom is -0.477 e. The molecular weight excluding hydrogens is 380 g/mol. The number of hydrogen-bond donors (Lipinski definition) is 2. The average Bonchev–Trinajstić information content (AvgIpc) is 3.42. The Morgan fingerprint density at radius 3 is 2.66 bits per heavy atom. The minimum atomic E-state index is -1.40. The molecule has 3 aliphatic rings. The van der Waals surface area contributed by atoms with Crippen molar-refractivity contribution in [3.05, 3.63) is 51.8 Å². The van der Waals surface area contributed by atoms with Crippen LogP contribution in [0.1, 0.15) is 35.7 Å². The van der Waals surface area contributed by atoms with Gasteiger partial charge in [-0.2, -0.15) is 0 Å². The summed E-state index contributed by atoms with van der Waals surface area (Å²) in [4.78, 5) is 25.7. The molecule has 3 unspecified atom stereocenters. The largest absolute Gasteiger partial charge is 0.477 e. The summed E-state index contributed by atoms with van der Waals surface area (Å²) in [5, 5.41) is 9.10. The summed E-state index contributed by atoms with van der Waals surface area (Å²) in [6.45, 7) is 0.894. The molecule has 6 nitrogen and oxygen atoms in total. The van der Waals surface area contributed by atoms with Crippen molar-refractivity contribution >= 4 is 22.6 Å². The topological polar surface area (TPSA) is 88.6 Å². The molecule has 1 aromatic carbocycles. The number of carboxylic acids is 1. The summed E-state index contributed by atoms with van der Waals surface area (Å²) in [5.41, 5.74) is 4.68. The van der Waals surface area contributed by atoms with Crippen LogP contribution in [0.3, 0.4) is 0 Å². The summed E-state index contributed by atoms with van der Waals surface area (Å²) in [6, 6.07) is 0.852. The van der Waals surface area contributed by atoms with Crippen molar-refractivity contribution in [1.82, 2.24) is 4.57 Å². The van der Waals surface area contributed by atoms with E-state index in [9.17, 15) is 14.7 Å². The predicted octanol–water partition coefficient (Wildman–Crippen LogP) is 2.65. The molecule has 3 N–H and O–H groups in total. The number of rotatable bonds is 3. The van der Waals surface area contributed by atoms with Crippen molar-refractivity contribution in [1.29, 1.82) is 0 Å². The van der Waals surface area contributed by atoms with Gasteiger partial charge in [0.2, 0.25) is 5.43 Å². The zero-order chi connectivity index (χ0) is 20.4. The maximum Gasteiger partial charge on any atom is 0.341 e. The van der Waals surface area contributed by atoms with Gasteiger partial charge in [-0.1, -0.05) is 12.2 Å². The third-order valence-corrected chi connectivity index (χ3v) is 6.42. The highest BCUT2D eigenvalue weighted by molar-refractivity contribution is 5.94. The van der Waals surface area contributed by atoms with Crippen LogP contribution in [-0.4, -0.2) is 34.8 Å². The molecule has 0 radical (unpaired) electrons. The molecule has 0 spiro atoms. The van der Waals surface area contributed by atoms with Crippen LogP contribution in [0.15, 0.2) is 29.2 Å². The summed E-state index contributed by atoms with van der Waals surface area (Å²) >= 11 is 0. The molecule has 2 aromatic rings. The van der Waals surface area contributed by atoms with Gasteiger partial charge in [-0.15, -0.1) is 0 Å². The van der Waals surface area contributed by atoms with Crippen LogP contribution in [0.2, 0.25) is 0 Å². The van der Waals surface area contributed by atoms with E-state index in [-0.39, 0.29) is 40.5 Å². The fraction of sp³-hybridized carbons (Fsp3) is 0.429. The Morgan fingerprint density at radius 1 is 1.24 bits per heavy atom. The highest BCUT2D eigenvalue weighted by Crippen LogP contribution is 2.41. The van der Waals surface area contributed by atoms with Gasteiger partial charge in [0.05, 0.1) is 10.9 Å². The number of carbonyl (C=O) groups is 1. The number of aromatic nitrogens is 1. The van der Waals surface area contributed by atoms with E-state index >= 15 is 8.78 Å². The van der Waals surface area contributed by atoms with Crippen molar-refractivity contribution < 1.29 is 18.7 Å². The van der Waals surface area contributed by atoms with Gasteiger partial charge in [0, 0.05) is 37.3 Å². The van der Waals surface area contributed by atoms with E-state index in [2.05, 4.69) is 6.08 Å². The van der Waals surface area contributed by atoms with Crippen molar-refractivity contribution in [3.8, 4) is 0 Å². The van der Waals surface area contributed by atoms with Crippen molar-refractivity contribution in [2.24, 2.45) is 17.6 Å². The van der Waals surface area contributed by atoms with Crippen LogP contribution in [-0.2, 0) is 0 Å². The summed E-state index contributed by atoms with van der Waals surface area (Å²) in [5.74, 6) is -2.81. The molecule has 1 aliphatic heterocycles. The van der Waals surface area contributed by atoms with Gasteiger partial charge in [0.15, 0.2) is 5.82 Å². The Labute approximate surface area is 165 Å². The lowest BCUT2D eigenvalue weighted by Gasteiger charge is -2.25. The second kappa shape index (κ2) is 6.38. The monoisotopic (exact) mass is 401 g/mol. The number of hydrogen-bond acceptors (Lipinski definition) is 4. The molecule has 1 saturated carbocycles. The first kappa shape index (κ1) is 18.3. The van der Waals surface area contributed by atoms with E-state index in [1.54, 1.807) is 4.90 Å². The highest BCUT2D eigenvalue weighted by Gasteiger charge is 2.39. The third kappa shape index (κ3) is 2.77. The maximum atomic E-state index is 15.7. The number of pyridine rings is 1. The molecule has 1 aromatic heterocycles. The maximum absolute atomic E-state index is 15.7. The Kier molecular flexibility index (Phi) is 4.03. The molecule has 5 rings (SSSR count). The van der Waals surface area contributed by atoms with Crippen LogP contribution in [0.25, 0.3) is 10.9 Å². The average molecular weight is 401 g/mol. The number of fused-ring (bicyclic) bond motifs is 2. The first-order valence-electron chi connectivity index (χ1n) is 9.84.